The molecule has 0 aromatic carbocycles. The maximum absolute atomic E-state index is 11.7. The smallest absolute Gasteiger partial charge is 0.167 e. The summed E-state index contributed by atoms with van der Waals surface area (Å²) >= 11 is 0. The lowest BCUT2D eigenvalue weighted by molar-refractivity contribution is 0.337. The number of nitriles is 1. The largest absolute Gasteiger partial charge is 0.317 e. The Morgan fingerprint density at radius 2 is 2.06 bits per heavy atom. The van der Waals surface area contributed by atoms with Crippen LogP contribution in [-0.2, 0) is 21.3 Å². The van der Waals surface area contributed by atoms with Gasteiger partial charge in [-0.15, -0.1) is 0 Å². The zero-order valence-electron chi connectivity index (χ0n) is 9.89. The number of nitrogens with one attached hydrogen (secondary N) is 1. The number of hydrogen-bond donors (Lipinski definition) is 1. The zero-order valence-corrected chi connectivity index (χ0v) is 10.7. The van der Waals surface area contributed by atoms with E-state index < -0.39 is 9.84 Å². The van der Waals surface area contributed by atoms with Crippen LogP contribution in [0.4, 0.5) is 0 Å². The molecule has 1 N–H and O–H groups in total. The second kappa shape index (κ2) is 4.07. The van der Waals surface area contributed by atoms with Crippen molar-refractivity contribution in [2.75, 3.05) is 13.1 Å². The normalized spacial score (nSPS) is 22.6. The summed E-state index contributed by atoms with van der Waals surface area (Å²) in [5, 5.41) is 16.6. The zero-order chi connectivity index (χ0) is 12.8. The van der Waals surface area contributed by atoms with Crippen molar-refractivity contribution in [3.05, 3.63) is 17.0 Å². The maximum Gasteiger partial charge on any atom is 0.167 e. The molecule has 0 atom stereocenters. The standard InChI is InChI=1S/C11H14N4O2S/c12-5-10-9-6-18(16,17)7-11(9)15(14-10)8-1-3-13-4-2-8/h8,13H,1-4,6-7H2. The molecule has 3 rings (SSSR count). The molecule has 0 saturated carbocycles. The second-order valence-electron chi connectivity index (χ2n) is 4.84. The van der Waals surface area contributed by atoms with Crippen LogP contribution in [0, 0.1) is 11.3 Å². The van der Waals surface area contributed by atoms with Crippen LogP contribution in [0.3, 0.4) is 0 Å². The summed E-state index contributed by atoms with van der Waals surface area (Å²) in [6.45, 7) is 1.82. The molecule has 0 amide bonds. The lowest BCUT2D eigenvalue weighted by Gasteiger charge is -2.24. The van der Waals surface area contributed by atoms with Gasteiger partial charge in [-0.2, -0.15) is 10.4 Å². The number of rotatable bonds is 1. The molecule has 1 fully saturated rings. The van der Waals surface area contributed by atoms with Gasteiger partial charge in [-0.3, -0.25) is 4.68 Å². The molecule has 1 aromatic heterocycles. The van der Waals surface area contributed by atoms with Crippen LogP contribution in [0.5, 0.6) is 0 Å². The van der Waals surface area contributed by atoms with Crippen molar-refractivity contribution in [3.63, 3.8) is 0 Å². The summed E-state index contributed by atoms with van der Waals surface area (Å²) in [6, 6.07) is 2.23. The van der Waals surface area contributed by atoms with E-state index in [-0.39, 0.29) is 23.2 Å². The summed E-state index contributed by atoms with van der Waals surface area (Å²) in [6.07, 6.45) is 1.86. The highest BCUT2D eigenvalue weighted by Gasteiger charge is 2.34. The third kappa shape index (κ3) is 1.82. The van der Waals surface area contributed by atoms with E-state index in [2.05, 4.69) is 10.4 Å². The first kappa shape index (κ1) is 11.7. The lowest BCUT2D eigenvalue weighted by Crippen LogP contribution is -2.30. The number of nitrogens with zero attached hydrogens (tertiary/aromatic N) is 3. The minimum atomic E-state index is -3.08. The van der Waals surface area contributed by atoms with Crippen LogP contribution < -0.4 is 5.32 Å². The van der Waals surface area contributed by atoms with Gasteiger partial charge in [0.25, 0.3) is 0 Å². The number of piperidine rings is 1. The van der Waals surface area contributed by atoms with E-state index >= 15 is 0 Å². The van der Waals surface area contributed by atoms with E-state index in [1.54, 1.807) is 4.68 Å². The molecule has 18 heavy (non-hydrogen) atoms. The van der Waals surface area contributed by atoms with Crippen molar-refractivity contribution >= 4 is 9.84 Å². The van der Waals surface area contributed by atoms with Crippen molar-refractivity contribution in [2.24, 2.45) is 0 Å². The van der Waals surface area contributed by atoms with Gasteiger partial charge in [0.2, 0.25) is 0 Å². The Bertz CT molecular complexity index is 620. The van der Waals surface area contributed by atoms with Crippen molar-refractivity contribution in [2.45, 2.75) is 30.4 Å². The van der Waals surface area contributed by atoms with Crippen LogP contribution >= 0.6 is 0 Å². The first-order valence-corrected chi connectivity index (χ1v) is 7.84. The monoisotopic (exact) mass is 266 g/mol. The minimum absolute atomic E-state index is 0.0287. The van der Waals surface area contributed by atoms with Crippen LogP contribution in [0.25, 0.3) is 0 Å². The van der Waals surface area contributed by atoms with Crippen LogP contribution in [0.1, 0.15) is 35.8 Å². The first-order chi connectivity index (χ1) is 8.61. The van der Waals surface area contributed by atoms with Crippen molar-refractivity contribution < 1.29 is 8.42 Å². The fraction of sp³-hybridized carbons (Fsp3) is 0.636. The Labute approximate surface area is 106 Å². The van der Waals surface area contributed by atoms with Crippen LogP contribution in [0.15, 0.2) is 0 Å². The molecule has 2 aliphatic rings. The molecular formula is C11H14N4O2S. The van der Waals surface area contributed by atoms with E-state index in [4.69, 9.17) is 5.26 Å². The number of aromatic nitrogens is 2. The summed E-state index contributed by atoms with van der Waals surface area (Å²) in [5.41, 5.74) is 1.64. The van der Waals surface area contributed by atoms with Gasteiger partial charge in [-0.25, -0.2) is 8.42 Å². The Morgan fingerprint density at radius 1 is 1.33 bits per heavy atom. The predicted molar refractivity (Wildman–Crippen MR) is 64.4 cm³/mol. The molecule has 1 saturated heterocycles. The lowest BCUT2D eigenvalue weighted by atomic mass is 10.1. The molecule has 6 nitrogen and oxygen atoms in total. The van der Waals surface area contributed by atoms with Crippen molar-refractivity contribution in [1.29, 1.82) is 5.26 Å². The molecule has 0 radical (unpaired) electrons. The van der Waals surface area contributed by atoms with E-state index in [9.17, 15) is 8.42 Å². The quantitative estimate of drug-likeness (QED) is 0.779. The average molecular weight is 266 g/mol. The number of sulfone groups is 1. The molecule has 7 heteroatoms. The Balaban J connectivity index is 2.05. The maximum atomic E-state index is 11.7. The van der Waals surface area contributed by atoms with Crippen molar-refractivity contribution in [1.82, 2.24) is 15.1 Å². The Hall–Kier alpha value is -1.39. The summed E-state index contributed by atoms with van der Waals surface area (Å²) in [7, 11) is -3.08. The van der Waals surface area contributed by atoms with Crippen molar-refractivity contribution in [3.8, 4) is 6.07 Å². The van der Waals surface area contributed by atoms with Gasteiger partial charge in [0.1, 0.15) is 6.07 Å². The third-order valence-electron chi connectivity index (χ3n) is 3.60. The van der Waals surface area contributed by atoms with E-state index in [0.717, 1.165) is 31.6 Å². The molecule has 0 spiro atoms. The Kier molecular flexibility index (Phi) is 2.64. The van der Waals surface area contributed by atoms with E-state index in [1.165, 1.54) is 0 Å². The van der Waals surface area contributed by atoms with Gasteiger partial charge < -0.3 is 5.32 Å². The first-order valence-electron chi connectivity index (χ1n) is 6.02. The van der Waals surface area contributed by atoms with Gasteiger partial charge in [0, 0.05) is 5.56 Å². The summed E-state index contributed by atoms with van der Waals surface area (Å²) < 4.78 is 25.2. The second-order valence-corrected chi connectivity index (χ2v) is 6.91. The molecule has 0 aliphatic carbocycles. The highest BCUT2D eigenvalue weighted by molar-refractivity contribution is 7.90. The fourth-order valence-corrected chi connectivity index (χ4v) is 4.30. The fourth-order valence-electron chi connectivity index (χ4n) is 2.73. The topological polar surface area (TPSA) is 87.8 Å². The minimum Gasteiger partial charge on any atom is -0.317 e. The Morgan fingerprint density at radius 3 is 2.72 bits per heavy atom. The summed E-state index contributed by atoms with van der Waals surface area (Å²) in [5.74, 6) is -0.00284. The van der Waals surface area contributed by atoms with Gasteiger partial charge in [-0.1, -0.05) is 0 Å². The highest BCUT2D eigenvalue weighted by Crippen LogP contribution is 2.31. The molecule has 1 aromatic rings. The predicted octanol–water partition coefficient (Wildman–Crippen LogP) is 0.108. The average Bonchev–Trinajstić information content (AvgIpc) is 2.83. The van der Waals surface area contributed by atoms with Gasteiger partial charge in [0.05, 0.1) is 23.2 Å². The summed E-state index contributed by atoms with van der Waals surface area (Å²) in [4.78, 5) is 0. The third-order valence-corrected chi connectivity index (χ3v) is 5.04. The van der Waals surface area contributed by atoms with Gasteiger partial charge in [0.15, 0.2) is 15.5 Å². The molecule has 0 bridgehead atoms. The molecule has 0 unspecified atom stereocenters. The van der Waals surface area contributed by atoms with Gasteiger partial charge in [-0.05, 0) is 25.9 Å². The highest BCUT2D eigenvalue weighted by atomic mass is 32.2. The van der Waals surface area contributed by atoms with E-state index in [0.29, 0.717) is 5.56 Å². The molecular weight excluding hydrogens is 252 g/mol. The number of hydrogen-bond acceptors (Lipinski definition) is 5. The molecule has 2 aliphatic heterocycles. The molecule has 96 valence electrons. The van der Waals surface area contributed by atoms with Crippen LogP contribution in [0.2, 0.25) is 0 Å². The molecule has 3 heterocycles. The number of fused-ring (bicyclic) bond motifs is 1. The SMILES string of the molecule is N#Cc1nn(C2CCNCC2)c2c1CS(=O)(=O)C2. The van der Waals surface area contributed by atoms with E-state index in [1.807, 2.05) is 6.07 Å². The van der Waals surface area contributed by atoms with Crippen LogP contribution in [-0.4, -0.2) is 31.3 Å². The van der Waals surface area contributed by atoms with Gasteiger partial charge >= 0.3 is 0 Å².